The highest BCUT2D eigenvalue weighted by atomic mass is 16.5. The van der Waals surface area contributed by atoms with Crippen LogP contribution in [0.4, 0.5) is 0 Å². The van der Waals surface area contributed by atoms with Gasteiger partial charge in [-0.1, -0.05) is 25.5 Å². The second-order valence-electron chi connectivity index (χ2n) is 8.08. The predicted molar refractivity (Wildman–Crippen MR) is 106 cm³/mol. The number of nitrogens with zero attached hydrogens (tertiary/aromatic N) is 1. The highest BCUT2D eigenvalue weighted by molar-refractivity contribution is 5.79. The van der Waals surface area contributed by atoms with E-state index in [2.05, 4.69) is 49.2 Å². The van der Waals surface area contributed by atoms with E-state index in [4.69, 9.17) is 4.74 Å². The van der Waals surface area contributed by atoms with Crippen LogP contribution < -0.4 is 10.1 Å². The summed E-state index contributed by atoms with van der Waals surface area (Å²) in [6, 6.07) is 6.55. The first kappa shape index (κ1) is 19.0. The molecule has 1 N–H and O–H groups in total. The van der Waals surface area contributed by atoms with Crippen LogP contribution in [-0.2, 0) is 11.2 Å². The predicted octanol–water partition coefficient (Wildman–Crippen LogP) is 3.51. The van der Waals surface area contributed by atoms with Crippen LogP contribution in [0.5, 0.6) is 5.75 Å². The Labute approximate surface area is 157 Å². The number of likely N-dealkylation sites (tertiary alicyclic amines) is 1. The van der Waals surface area contributed by atoms with Crippen molar-refractivity contribution in [1.82, 2.24) is 10.2 Å². The average Bonchev–Trinajstić information content (AvgIpc) is 2.58. The van der Waals surface area contributed by atoms with Crippen molar-refractivity contribution in [3.05, 3.63) is 34.9 Å². The first-order valence-electron chi connectivity index (χ1n) is 9.86. The van der Waals surface area contributed by atoms with Gasteiger partial charge in [0, 0.05) is 26.7 Å². The third-order valence-electron chi connectivity index (χ3n) is 5.66. The number of fused-ring (bicyclic) bond motifs is 1. The summed E-state index contributed by atoms with van der Waals surface area (Å²) in [5.74, 6) is 2.01. The summed E-state index contributed by atoms with van der Waals surface area (Å²) >= 11 is 0. The van der Waals surface area contributed by atoms with Crippen molar-refractivity contribution < 1.29 is 9.53 Å². The van der Waals surface area contributed by atoms with Gasteiger partial charge in [-0.05, 0) is 60.9 Å². The van der Waals surface area contributed by atoms with Crippen molar-refractivity contribution in [2.45, 2.75) is 40.0 Å². The van der Waals surface area contributed by atoms with Crippen LogP contribution >= 0.6 is 0 Å². The van der Waals surface area contributed by atoms with Crippen LogP contribution in [0.1, 0.15) is 44.7 Å². The molecule has 1 aromatic carbocycles. The zero-order valence-electron chi connectivity index (χ0n) is 16.6. The Hall–Kier alpha value is -1.81. The van der Waals surface area contributed by atoms with Gasteiger partial charge in [0.1, 0.15) is 5.75 Å². The molecule has 1 heterocycles. The van der Waals surface area contributed by atoms with Gasteiger partial charge in [-0.25, -0.2) is 0 Å². The van der Waals surface area contributed by atoms with Gasteiger partial charge < -0.3 is 10.1 Å². The minimum absolute atomic E-state index is 0.169. The van der Waals surface area contributed by atoms with Crippen LogP contribution in [0.25, 0.3) is 5.57 Å². The van der Waals surface area contributed by atoms with Crippen molar-refractivity contribution in [2.24, 2.45) is 11.8 Å². The Balaban J connectivity index is 1.60. The lowest BCUT2D eigenvalue weighted by Crippen LogP contribution is -2.53. The standard InChI is InChI=1S/C22H32N2O2/c1-15(2)9-10-26-20-7-8-21-16(3)18(6-5-17(21)11-20)12-24-13-19(14-24)22(25)23-4/h7-8,11,15,19H,5-6,9-10,12-14H2,1-4H3,(H,23,25). The maximum Gasteiger partial charge on any atom is 0.225 e. The molecule has 1 aromatic rings. The molecular formula is C22H32N2O2. The molecule has 26 heavy (non-hydrogen) atoms. The summed E-state index contributed by atoms with van der Waals surface area (Å²) in [4.78, 5) is 14.0. The molecule has 3 rings (SSSR count). The smallest absolute Gasteiger partial charge is 0.225 e. The quantitative estimate of drug-likeness (QED) is 0.813. The highest BCUT2D eigenvalue weighted by Crippen LogP contribution is 2.34. The molecule has 1 aliphatic carbocycles. The Morgan fingerprint density at radius 1 is 1.31 bits per heavy atom. The number of allylic oxidation sites excluding steroid dienone is 1. The van der Waals surface area contributed by atoms with E-state index < -0.39 is 0 Å². The van der Waals surface area contributed by atoms with E-state index in [0.29, 0.717) is 5.92 Å². The van der Waals surface area contributed by atoms with Crippen LogP contribution in [0.3, 0.4) is 0 Å². The fourth-order valence-electron chi connectivity index (χ4n) is 3.85. The van der Waals surface area contributed by atoms with Gasteiger partial charge >= 0.3 is 0 Å². The molecule has 4 nitrogen and oxygen atoms in total. The minimum Gasteiger partial charge on any atom is -0.494 e. The first-order valence-corrected chi connectivity index (χ1v) is 9.86. The minimum atomic E-state index is 0.169. The monoisotopic (exact) mass is 356 g/mol. The van der Waals surface area contributed by atoms with E-state index >= 15 is 0 Å². The molecule has 0 unspecified atom stereocenters. The Morgan fingerprint density at radius 2 is 2.08 bits per heavy atom. The summed E-state index contributed by atoms with van der Waals surface area (Å²) in [6.45, 7) is 10.2. The molecule has 0 bridgehead atoms. The zero-order valence-corrected chi connectivity index (χ0v) is 16.6. The molecule has 1 aliphatic heterocycles. The SMILES string of the molecule is CNC(=O)C1CN(CC2=C(C)c3ccc(OCCC(C)C)cc3CC2)C1. The number of carbonyl (C=O) groups excluding carboxylic acids is 1. The normalized spacial score (nSPS) is 17.9. The van der Waals surface area contributed by atoms with E-state index in [0.717, 1.165) is 51.3 Å². The van der Waals surface area contributed by atoms with E-state index in [9.17, 15) is 4.79 Å². The number of benzene rings is 1. The highest BCUT2D eigenvalue weighted by Gasteiger charge is 2.32. The second kappa shape index (κ2) is 8.26. The first-order chi connectivity index (χ1) is 12.5. The van der Waals surface area contributed by atoms with Crippen LogP contribution in [0.2, 0.25) is 0 Å². The number of amides is 1. The lowest BCUT2D eigenvalue weighted by molar-refractivity contribution is -0.129. The maximum atomic E-state index is 11.6. The molecule has 0 saturated carbocycles. The number of carbonyl (C=O) groups is 1. The second-order valence-corrected chi connectivity index (χ2v) is 8.08. The molecule has 1 saturated heterocycles. The lowest BCUT2D eigenvalue weighted by atomic mass is 9.85. The third-order valence-corrected chi connectivity index (χ3v) is 5.66. The lowest BCUT2D eigenvalue weighted by Gasteiger charge is -2.39. The fourth-order valence-corrected chi connectivity index (χ4v) is 3.85. The molecule has 0 atom stereocenters. The number of ether oxygens (including phenoxy) is 1. The van der Waals surface area contributed by atoms with Crippen molar-refractivity contribution in [1.29, 1.82) is 0 Å². The Kier molecular flexibility index (Phi) is 6.02. The van der Waals surface area contributed by atoms with Gasteiger partial charge in [-0.2, -0.15) is 0 Å². The van der Waals surface area contributed by atoms with Crippen LogP contribution in [0, 0.1) is 11.8 Å². The summed E-state index contributed by atoms with van der Waals surface area (Å²) in [5, 5.41) is 2.75. The molecule has 142 valence electrons. The van der Waals surface area contributed by atoms with E-state index in [1.807, 2.05) is 0 Å². The van der Waals surface area contributed by atoms with Gasteiger partial charge in [0.05, 0.1) is 12.5 Å². The maximum absolute atomic E-state index is 11.6. The largest absolute Gasteiger partial charge is 0.494 e. The van der Waals surface area contributed by atoms with Gasteiger partial charge in [0.2, 0.25) is 5.91 Å². The van der Waals surface area contributed by atoms with Crippen LogP contribution in [-0.4, -0.2) is 44.1 Å². The topological polar surface area (TPSA) is 41.6 Å². The molecule has 0 aromatic heterocycles. The van der Waals surface area contributed by atoms with Crippen LogP contribution in [0.15, 0.2) is 23.8 Å². The van der Waals surface area contributed by atoms with Gasteiger partial charge in [0.15, 0.2) is 0 Å². The number of hydrogen-bond donors (Lipinski definition) is 1. The van der Waals surface area contributed by atoms with Gasteiger partial charge in [-0.15, -0.1) is 0 Å². The summed E-state index contributed by atoms with van der Waals surface area (Å²) in [5.41, 5.74) is 5.69. The third kappa shape index (κ3) is 4.29. The Bertz CT molecular complexity index is 687. The molecule has 1 amide bonds. The number of nitrogens with one attached hydrogen (secondary N) is 1. The van der Waals surface area contributed by atoms with Crippen molar-refractivity contribution in [3.63, 3.8) is 0 Å². The molecular weight excluding hydrogens is 324 g/mol. The summed E-state index contributed by atoms with van der Waals surface area (Å²) in [7, 11) is 1.72. The molecule has 1 fully saturated rings. The van der Waals surface area contributed by atoms with Crippen molar-refractivity contribution >= 4 is 11.5 Å². The van der Waals surface area contributed by atoms with Gasteiger partial charge in [0.25, 0.3) is 0 Å². The van der Waals surface area contributed by atoms with E-state index in [-0.39, 0.29) is 11.8 Å². The summed E-state index contributed by atoms with van der Waals surface area (Å²) < 4.78 is 5.92. The number of hydrogen-bond acceptors (Lipinski definition) is 3. The Morgan fingerprint density at radius 3 is 2.77 bits per heavy atom. The molecule has 0 spiro atoms. The fraction of sp³-hybridized carbons (Fsp3) is 0.591. The number of aryl methyl sites for hydroxylation is 1. The number of rotatable bonds is 7. The zero-order chi connectivity index (χ0) is 18.7. The van der Waals surface area contributed by atoms with Crippen molar-refractivity contribution in [2.75, 3.05) is 33.3 Å². The van der Waals surface area contributed by atoms with E-state index in [1.165, 1.54) is 22.3 Å². The molecule has 4 heteroatoms. The van der Waals surface area contributed by atoms with Gasteiger partial charge in [-0.3, -0.25) is 9.69 Å². The molecule has 2 aliphatic rings. The molecule has 0 radical (unpaired) electrons. The van der Waals surface area contributed by atoms with Crippen molar-refractivity contribution in [3.8, 4) is 5.75 Å². The van der Waals surface area contributed by atoms with E-state index in [1.54, 1.807) is 7.05 Å². The summed E-state index contributed by atoms with van der Waals surface area (Å²) in [6.07, 6.45) is 3.28. The average molecular weight is 357 g/mol.